The van der Waals surface area contributed by atoms with Crippen molar-refractivity contribution in [3.05, 3.63) is 10.8 Å². The maximum Gasteiger partial charge on any atom is 0.320 e. The number of piperidine rings is 1. The zero-order valence-corrected chi connectivity index (χ0v) is 15.4. The lowest BCUT2D eigenvalue weighted by Gasteiger charge is -2.37. The van der Waals surface area contributed by atoms with E-state index in [2.05, 4.69) is 20.1 Å². The Kier molecular flexibility index (Phi) is 4.93. The minimum atomic E-state index is 0.0471. The second-order valence-corrected chi connectivity index (χ2v) is 7.61. The molecule has 1 aromatic heterocycles. The molecule has 0 aromatic carbocycles. The number of anilines is 1. The van der Waals surface area contributed by atoms with E-state index in [1.165, 1.54) is 12.8 Å². The van der Waals surface area contributed by atoms with E-state index in [9.17, 15) is 9.59 Å². The number of urea groups is 1. The lowest BCUT2D eigenvalue weighted by molar-refractivity contribution is 0.111. The van der Waals surface area contributed by atoms with Crippen LogP contribution in [0.3, 0.4) is 0 Å². The molecule has 0 radical (unpaired) electrons. The van der Waals surface area contributed by atoms with Gasteiger partial charge in [-0.05, 0) is 25.7 Å². The molecule has 3 fully saturated rings. The normalized spacial score (nSPS) is 24.6. The highest BCUT2D eigenvalue weighted by atomic mass is 35.5. The Hall–Kier alpha value is -1.96. The van der Waals surface area contributed by atoms with Gasteiger partial charge in [-0.3, -0.25) is 4.79 Å². The van der Waals surface area contributed by atoms with Crippen molar-refractivity contribution in [2.24, 2.45) is 0 Å². The fraction of sp³-hybridized carbons (Fsp3) is 0.706. The molecule has 3 heterocycles. The van der Waals surface area contributed by atoms with Gasteiger partial charge in [0.15, 0.2) is 17.1 Å². The molecule has 2 aliphatic heterocycles. The van der Waals surface area contributed by atoms with Crippen molar-refractivity contribution >= 4 is 29.9 Å². The Labute approximate surface area is 157 Å². The first-order chi connectivity index (χ1) is 12.7. The first-order valence-corrected chi connectivity index (χ1v) is 9.72. The van der Waals surface area contributed by atoms with Crippen molar-refractivity contribution in [2.45, 2.75) is 50.6 Å². The van der Waals surface area contributed by atoms with Crippen molar-refractivity contribution in [3.63, 3.8) is 0 Å². The monoisotopic (exact) mass is 378 g/mol. The van der Waals surface area contributed by atoms with Crippen molar-refractivity contribution < 1.29 is 9.59 Å². The molecule has 4 rings (SSSR count). The van der Waals surface area contributed by atoms with Gasteiger partial charge < -0.3 is 14.7 Å². The fourth-order valence-electron chi connectivity index (χ4n) is 4.37. The molecular weight excluding hydrogens is 356 g/mol. The number of hydrogen-bond acceptors (Lipinski definition) is 6. The summed E-state index contributed by atoms with van der Waals surface area (Å²) >= 11 is 5.98. The van der Waals surface area contributed by atoms with Gasteiger partial charge in [-0.2, -0.15) is 4.98 Å². The first kappa shape index (κ1) is 17.5. The third-order valence-electron chi connectivity index (χ3n) is 5.73. The van der Waals surface area contributed by atoms with Crippen LogP contribution in [-0.2, 0) is 0 Å². The smallest absolute Gasteiger partial charge is 0.320 e. The van der Waals surface area contributed by atoms with Gasteiger partial charge >= 0.3 is 6.03 Å². The number of aldehydes is 1. The quantitative estimate of drug-likeness (QED) is 0.745. The van der Waals surface area contributed by atoms with Crippen LogP contribution in [0.2, 0.25) is 5.15 Å². The minimum Gasteiger partial charge on any atom is -0.337 e. The standard InChI is InChI=1S/C17H23ClN6O2/c18-15-14(11-25)20-21-16(19-15)22-7-3-6-13(10-22)24-9-8-23(17(24)26)12-4-1-2-5-12/h11-13H,1-10H2. The molecule has 1 atom stereocenters. The maximum absolute atomic E-state index is 12.9. The zero-order chi connectivity index (χ0) is 18.1. The Morgan fingerprint density at radius 1 is 0.962 bits per heavy atom. The summed E-state index contributed by atoms with van der Waals surface area (Å²) in [6, 6.07) is 0.752. The molecular formula is C17H23ClN6O2. The Morgan fingerprint density at radius 2 is 1.65 bits per heavy atom. The Morgan fingerprint density at radius 3 is 2.35 bits per heavy atom. The number of carbonyl (C=O) groups is 2. The van der Waals surface area contributed by atoms with Crippen LogP contribution in [0.15, 0.2) is 0 Å². The number of amides is 2. The SMILES string of the molecule is O=Cc1nnc(N2CCCC(N3CCN(C4CCCC4)C3=O)C2)nc1Cl. The van der Waals surface area contributed by atoms with E-state index in [0.29, 0.717) is 24.8 Å². The van der Waals surface area contributed by atoms with E-state index in [-0.39, 0.29) is 22.9 Å². The van der Waals surface area contributed by atoms with E-state index in [1.54, 1.807) is 0 Å². The molecule has 8 nitrogen and oxygen atoms in total. The highest BCUT2D eigenvalue weighted by Gasteiger charge is 2.39. The van der Waals surface area contributed by atoms with Crippen molar-refractivity contribution in [1.29, 1.82) is 0 Å². The number of nitrogens with zero attached hydrogens (tertiary/aromatic N) is 6. The second-order valence-electron chi connectivity index (χ2n) is 7.26. The highest BCUT2D eigenvalue weighted by Crippen LogP contribution is 2.29. The van der Waals surface area contributed by atoms with Gasteiger partial charge in [-0.25, -0.2) is 4.79 Å². The van der Waals surface area contributed by atoms with Crippen LogP contribution >= 0.6 is 11.6 Å². The second kappa shape index (κ2) is 7.34. The number of aromatic nitrogens is 3. The van der Waals surface area contributed by atoms with Crippen molar-refractivity contribution in [1.82, 2.24) is 25.0 Å². The summed E-state index contributed by atoms with van der Waals surface area (Å²) in [5, 5.41) is 7.92. The molecule has 1 aliphatic carbocycles. The van der Waals surface area contributed by atoms with Gasteiger partial charge in [-0.1, -0.05) is 24.4 Å². The molecule has 3 aliphatic rings. The predicted molar refractivity (Wildman–Crippen MR) is 96.5 cm³/mol. The average Bonchev–Trinajstić information content (AvgIpc) is 3.31. The summed E-state index contributed by atoms with van der Waals surface area (Å²) in [5.41, 5.74) is 0.0471. The van der Waals surface area contributed by atoms with Crippen LogP contribution in [0.25, 0.3) is 0 Å². The summed E-state index contributed by atoms with van der Waals surface area (Å²) in [6.45, 7) is 3.09. The largest absolute Gasteiger partial charge is 0.337 e. The first-order valence-electron chi connectivity index (χ1n) is 9.35. The third kappa shape index (κ3) is 3.22. The van der Waals surface area contributed by atoms with Gasteiger partial charge in [0, 0.05) is 32.2 Å². The van der Waals surface area contributed by atoms with E-state index in [4.69, 9.17) is 11.6 Å². The third-order valence-corrected chi connectivity index (χ3v) is 6.01. The molecule has 26 heavy (non-hydrogen) atoms. The summed E-state index contributed by atoms with van der Waals surface area (Å²) in [4.78, 5) is 34.0. The maximum atomic E-state index is 12.9. The molecule has 1 aromatic rings. The van der Waals surface area contributed by atoms with Crippen LogP contribution in [0, 0.1) is 0 Å². The molecule has 2 amide bonds. The summed E-state index contributed by atoms with van der Waals surface area (Å²) in [5.74, 6) is 0.421. The number of hydrogen-bond donors (Lipinski definition) is 0. The molecule has 1 saturated carbocycles. The zero-order valence-electron chi connectivity index (χ0n) is 14.7. The predicted octanol–water partition coefficient (Wildman–Crippen LogP) is 1.99. The summed E-state index contributed by atoms with van der Waals surface area (Å²) in [6.07, 6.45) is 7.21. The molecule has 9 heteroatoms. The van der Waals surface area contributed by atoms with Gasteiger partial charge in [-0.15, -0.1) is 10.2 Å². The van der Waals surface area contributed by atoms with Crippen LogP contribution in [0.4, 0.5) is 10.7 Å². The van der Waals surface area contributed by atoms with Crippen LogP contribution in [0.1, 0.15) is 49.0 Å². The van der Waals surface area contributed by atoms with Crippen molar-refractivity contribution in [3.8, 4) is 0 Å². The number of rotatable bonds is 4. The molecule has 140 valence electrons. The summed E-state index contributed by atoms with van der Waals surface area (Å²) in [7, 11) is 0. The molecule has 0 bridgehead atoms. The molecule has 0 spiro atoms. The van der Waals surface area contributed by atoms with Crippen LogP contribution in [0.5, 0.6) is 0 Å². The summed E-state index contributed by atoms with van der Waals surface area (Å²) < 4.78 is 0. The molecule has 1 unspecified atom stereocenters. The van der Waals surface area contributed by atoms with Gasteiger partial charge in [0.05, 0.1) is 6.04 Å². The number of carbonyl (C=O) groups excluding carboxylic acids is 2. The van der Waals surface area contributed by atoms with Crippen molar-refractivity contribution in [2.75, 3.05) is 31.1 Å². The van der Waals surface area contributed by atoms with E-state index >= 15 is 0 Å². The van der Waals surface area contributed by atoms with E-state index in [1.807, 2.05) is 9.80 Å². The number of halogens is 1. The lowest BCUT2D eigenvalue weighted by Crippen LogP contribution is -2.50. The van der Waals surface area contributed by atoms with Gasteiger partial charge in [0.2, 0.25) is 5.95 Å². The van der Waals surface area contributed by atoms with E-state index in [0.717, 1.165) is 45.3 Å². The Bertz CT molecular complexity index is 696. The minimum absolute atomic E-state index is 0.0471. The average molecular weight is 379 g/mol. The highest BCUT2D eigenvalue weighted by molar-refractivity contribution is 6.31. The van der Waals surface area contributed by atoms with Gasteiger partial charge in [0.1, 0.15) is 0 Å². The van der Waals surface area contributed by atoms with Crippen LogP contribution < -0.4 is 4.90 Å². The topological polar surface area (TPSA) is 82.5 Å². The molecule has 0 N–H and O–H groups in total. The lowest BCUT2D eigenvalue weighted by atomic mass is 10.0. The molecule has 2 saturated heterocycles. The van der Waals surface area contributed by atoms with E-state index < -0.39 is 0 Å². The van der Waals surface area contributed by atoms with Crippen LogP contribution in [-0.4, -0.2) is 75.6 Å². The fourth-order valence-corrected chi connectivity index (χ4v) is 4.53. The van der Waals surface area contributed by atoms with Gasteiger partial charge in [0.25, 0.3) is 0 Å². The Balaban J connectivity index is 1.44.